The Balaban J connectivity index is 2.00. The van der Waals surface area contributed by atoms with Crippen LogP contribution in [-0.2, 0) is 0 Å². The third-order valence-electron chi connectivity index (χ3n) is 2.58. The van der Waals surface area contributed by atoms with Gasteiger partial charge in [-0.3, -0.25) is 9.97 Å². The first-order valence-corrected chi connectivity index (χ1v) is 6.19. The third kappa shape index (κ3) is 2.65. The van der Waals surface area contributed by atoms with Gasteiger partial charge in [-0.05, 0) is 31.5 Å². The Morgan fingerprint density at radius 1 is 1.12 bits per heavy atom. The Hall–Kier alpha value is -1.26. The Labute approximate surface area is 99.6 Å². The van der Waals surface area contributed by atoms with Gasteiger partial charge in [0.1, 0.15) is 0 Å². The van der Waals surface area contributed by atoms with E-state index in [-0.39, 0.29) is 0 Å². The van der Waals surface area contributed by atoms with E-state index in [0.717, 1.165) is 0 Å². The monoisotopic (exact) mass is 233 g/mol. The van der Waals surface area contributed by atoms with Crippen LogP contribution >= 0.6 is 11.3 Å². The lowest BCUT2D eigenvalue weighted by molar-refractivity contribution is 0.499. The Kier molecular flexibility index (Phi) is 3.64. The summed E-state index contributed by atoms with van der Waals surface area (Å²) in [6.45, 7) is 4.32. The van der Waals surface area contributed by atoms with Gasteiger partial charge in [0.05, 0.1) is 5.51 Å². The molecule has 0 aliphatic carbocycles. The average molecular weight is 233 g/mol. The molecule has 1 N–H and O–H groups in total. The van der Waals surface area contributed by atoms with Crippen LogP contribution in [0, 0.1) is 0 Å². The predicted octanol–water partition coefficient (Wildman–Crippen LogP) is 2.95. The first-order chi connectivity index (χ1) is 7.77. The summed E-state index contributed by atoms with van der Waals surface area (Å²) in [6, 6.07) is 4.73. The molecule has 0 aliphatic heterocycles. The van der Waals surface area contributed by atoms with E-state index in [1.165, 1.54) is 10.4 Å². The molecule has 2 unspecified atom stereocenters. The fourth-order valence-corrected chi connectivity index (χ4v) is 2.28. The molecule has 4 heteroatoms. The minimum absolute atomic E-state index is 0.320. The molecule has 0 saturated heterocycles. The second-order valence-corrected chi connectivity index (χ2v) is 4.71. The van der Waals surface area contributed by atoms with Crippen LogP contribution in [0.2, 0.25) is 0 Å². The number of nitrogens with zero attached hydrogens (tertiary/aromatic N) is 2. The molecule has 2 atom stereocenters. The van der Waals surface area contributed by atoms with Crippen LogP contribution in [0.5, 0.6) is 0 Å². The van der Waals surface area contributed by atoms with Gasteiger partial charge in [0.15, 0.2) is 0 Å². The number of thiazole rings is 1. The predicted molar refractivity (Wildman–Crippen MR) is 66.3 cm³/mol. The van der Waals surface area contributed by atoms with E-state index in [0.29, 0.717) is 12.1 Å². The zero-order chi connectivity index (χ0) is 11.4. The lowest BCUT2D eigenvalue weighted by Gasteiger charge is -2.18. The number of hydrogen-bond acceptors (Lipinski definition) is 4. The van der Waals surface area contributed by atoms with Crippen molar-refractivity contribution in [1.82, 2.24) is 15.3 Å². The summed E-state index contributed by atoms with van der Waals surface area (Å²) in [6.07, 6.45) is 5.57. The highest BCUT2D eigenvalue weighted by Gasteiger charge is 2.11. The molecule has 2 aromatic heterocycles. The number of pyridine rings is 1. The fourth-order valence-electron chi connectivity index (χ4n) is 1.64. The summed E-state index contributed by atoms with van der Waals surface area (Å²) in [5, 5.41) is 3.54. The average Bonchev–Trinajstić information content (AvgIpc) is 2.83. The minimum atomic E-state index is 0.320. The highest BCUT2D eigenvalue weighted by Crippen LogP contribution is 2.21. The highest BCUT2D eigenvalue weighted by molar-refractivity contribution is 7.09. The summed E-state index contributed by atoms with van der Waals surface area (Å²) < 4.78 is 0. The van der Waals surface area contributed by atoms with E-state index in [1.807, 2.05) is 36.2 Å². The molecule has 16 heavy (non-hydrogen) atoms. The minimum Gasteiger partial charge on any atom is -0.303 e. The number of nitrogens with one attached hydrogen (secondary N) is 1. The molecule has 0 aliphatic rings. The lowest BCUT2D eigenvalue weighted by Crippen LogP contribution is -2.21. The van der Waals surface area contributed by atoms with Crippen molar-refractivity contribution in [3.63, 3.8) is 0 Å². The molecule has 0 radical (unpaired) electrons. The second kappa shape index (κ2) is 5.18. The van der Waals surface area contributed by atoms with Crippen LogP contribution in [-0.4, -0.2) is 9.97 Å². The summed E-state index contributed by atoms with van der Waals surface area (Å²) >= 11 is 1.68. The van der Waals surface area contributed by atoms with E-state index in [9.17, 15) is 0 Å². The van der Waals surface area contributed by atoms with Gasteiger partial charge in [0.2, 0.25) is 0 Å². The van der Waals surface area contributed by atoms with Gasteiger partial charge in [-0.15, -0.1) is 11.3 Å². The maximum atomic E-state index is 4.09. The Morgan fingerprint density at radius 2 is 1.88 bits per heavy atom. The first-order valence-electron chi connectivity index (χ1n) is 5.31. The molecular weight excluding hydrogens is 218 g/mol. The molecule has 0 bridgehead atoms. The van der Waals surface area contributed by atoms with E-state index in [2.05, 4.69) is 29.1 Å². The van der Waals surface area contributed by atoms with Crippen molar-refractivity contribution >= 4 is 11.3 Å². The van der Waals surface area contributed by atoms with Crippen molar-refractivity contribution in [2.45, 2.75) is 25.9 Å². The maximum absolute atomic E-state index is 4.09. The normalized spacial score (nSPS) is 14.6. The third-order valence-corrected chi connectivity index (χ3v) is 3.54. The maximum Gasteiger partial charge on any atom is 0.0794 e. The first kappa shape index (κ1) is 11.2. The molecule has 2 aromatic rings. The van der Waals surface area contributed by atoms with Crippen molar-refractivity contribution in [2.75, 3.05) is 0 Å². The van der Waals surface area contributed by atoms with Gasteiger partial charge < -0.3 is 5.32 Å². The van der Waals surface area contributed by atoms with Gasteiger partial charge in [-0.25, -0.2) is 0 Å². The van der Waals surface area contributed by atoms with Crippen LogP contribution in [0.4, 0.5) is 0 Å². The van der Waals surface area contributed by atoms with E-state index >= 15 is 0 Å². The zero-order valence-electron chi connectivity index (χ0n) is 9.42. The fraction of sp³-hybridized carbons (Fsp3) is 0.333. The quantitative estimate of drug-likeness (QED) is 0.882. The summed E-state index contributed by atoms with van der Waals surface area (Å²) in [4.78, 5) is 9.38. The highest BCUT2D eigenvalue weighted by atomic mass is 32.1. The van der Waals surface area contributed by atoms with Crippen LogP contribution < -0.4 is 5.32 Å². The van der Waals surface area contributed by atoms with Gasteiger partial charge in [0, 0.05) is 35.6 Å². The molecule has 2 rings (SSSR count). The smallest absolute Gasteiger partial charge is 0.0794 e. The van der Waals surface area contributed by atoms with Gasteiger partial charge in [-0.1, -0.05) is 0 Å². The molecule has 3 nitrogen and oxygen atoms in total. The number of rotatable bonds is 4. The van der Waals surface area contributed by atoms with Crippen molar-refractivity contribution in [3.8, 4) is 0 Å². The molecule has 0 amide bonds. The summed E-state index contributed by atoms with van der Waals surface area (Å²) in [5.41, 5.74) is 3.12. The molecule has 0 spiro atoms. The number of aromatic nitrogens is 2. The van der Waals surface area contributed by atoms with Crippen LogP contribution in [0.1, 0.15) is 36.4 Å². The topological polar surface area (TPSA) is 37.8 Å². The molecular formula is C12H15N3S. The van der Waals surface area contributed by atoms with Gasteiger partial charge >= 0.3 is 0 Å². The largest absolute Gasteiger partial charge is 0.303 e. The lowest BCUT2D eigenvalue weighted by atomic mass is 10.1. The van der Waals surface area contributed by atoms with Crippen molar-refractivity contribution < 1.29 is 0 Å². The summed E-state index contributed by atoms with van der Waals surface area (Å²) in [7, 11) is 0. The molecule has 84 valence electrons. The molecule has 0 aromatic carbocycles. The SMILES string of the molecule is CC(NC(C)c1cncs1)c1ccncc1. The van der Waals surface area contributed by atoms with Crippen molar-refractivity contribution in [1.29, 1.82) is 0 Å². The van der Waals surface area contributed by atoms with Gasteiger partial charge in [0.25, 0.3) is 0 Å². The molecule has 0 saturated carbocycles. The standard InChI is InChI=1S/C12H15N3S/c1-9(11-3-5-13-6-4-11)15-10(2)12-7-14-8-16-12/h3-10,15H,1-2H3. The molecule has 2 heterocycles. The number of hydrogen-bond donors (Lipinski definition) is 1. The van der Waals surface area contributed by atoms with Crippen molar-refractivity contribution in [3.05, 3.63) is 46.7 Å². The molecule has 0 fully saturated rings. The second-order valence-electron chi connectivity index (χ2n) is 3.79. The van der Waals surface area contributed by atoms with Gasteiger partial charge in [-0.2, -0.15) is 0 Å². The van der Waals surface area contributed by atoms with Crippen LogP contribution in [0.3, 0.4) is 0 Å². The van der Waals surface area contributed by atoms with Crippen LogP contribution in [0.25, 0.3) is 0 Å². The zero-order valence-corrected chi connectivity index (χ0v) is 10.2. The van der Waals surface area contributed by atoms with E-state index in [4.69, 9.17) is 0 Å². The van der Waals surface area contributed by atoms with Crippen LogP contribution in [0.15, 0.2) is 36.2 Å². The summed E-state index contributed by atoms with van der Waals surface area (Å²) in [5.74, 6) is 0. The van der Waals surface area contributed by atoms with Crippen molar-refractivity contribution in [2.24, 2.45) is 0 Å². The van der Waals surface area contributed by atoms with E-state index < -0.39 is 0 Å². The Morgan fingerprint density at radius 3 is 2.50 bits per heavy atom. The van der Waals surface area contributed by atoms with E-state index in [1.54, 1.807) is 11.3 Å². The Bertz CT molecular complexity index is 413.